The van der Waals surface area contributed by atoms with Gasteiger partial charge in [-0.1, -0.05) is 24.1 Å². The number of allylic oxidation sites excluding steroid dienone is 2. The van der Waals surface area contributed by atoms with Crippen LogP contribution in [0.5, 0.6) is 0 Å². The van der Waals surface area contributed by atoms with Gasteiger partial charge >= 0.3 is 0 Å². The highest BCUT2D eigenvalue weighted by atomic mass is 16.5. The molecule has 0 spiro atoms. The van der Waals surface area contributed by atoms with Gasteiger partial charge in [0.25, 0.3) is 0 Å². The zero-order chi connectivity index (χ0) is 12.1. The third kappa shape index (κ3) is 4.13. The van der Waals surface area contributed by atoms with Crippen LogP contribution >= 0.6 is 0 Å². The Labute approximate surface area is 101 Å². The lowest BCUT2D eigenvalue weighted by Crippen LogP contribution is -2.25. The normalized spacial score (nSPS) is 25.4. The predicted molar refractivity (Wildman–Crippen MR) is 70.6 cm³/mol. The second kappa shape index (κ2) is 6.24. The van der Waals surface area contributed by atoms with Gasteiger partial charge in [-0.2, -0.15) is 0 Å². The third-order valence-corrected chi connectivity index (χ3v) is 3.34. The molecule has 0 N–H and O–H groups in total. The van der Waals surface area contributed by atoms with Crippen molar-refractivity contribution in [3.8, 4) is 0 Å². The average Bonchev–Trinajstić information content (AvgIpc) is 2.16. The molecule has 0 saturated heterocycles. The van der Waals surface area contributed by atoms with E-state index in [4.69, 9.17) is 4.74 Å². The van der Waals surface area contributed by atoms with Gasteiger partial charge in [-0.15, -0.1) is 0 Å². The van der Waals surface area contributed by atoms with Crippen molar-refractivity contribution in [2.75, 3.05) is 6.61 Å². The molecule has 1 heteroatoms. The highest BCUT2D eigenvalue weighted by Gasteiger charge is 2.24. The lowest BCUT2D eigenvalue weighted by atomic mass is 9.83. The van der Waals surface area contributed by atoms with Crippen molar-refractivity contribution in [1.82, 2.24) is 0 Å². The van der Waals surface area contributed by atoms with Crippen LogP contribution < -0.4 is 0 Å². The fraction of sp³-hybridized carbons (Fsp3) is 0.733. The Morgan fingerprint density at radius 2 is 2.00 bits per heavy atom. The van der Waals surface area contributed by atoms with Crippen LogP contribution in [0.2, 0.25) is 0 Å². The van der Waals surface area contributed by atoms with E-state index < -0.39 is 0 Å². The maximum atomic E-state index is 6.00. The fourth-order valence-electron chi connectivity index (χ4n) is 2.26. The summed E-state index contributed by atoms with van der Waals surface area (Å²) >= 11 is 0. The van der Waals surface area contributed by atoms with E-state index in [2.05, 4.69) is 40.7 Å². The molecule has 92 valence electrons. The van der Waals surface area contributed by atoms with Crippen molar-refractivity contribution in [3.63, 3.8) is 0 Å². The van der Waals surface area contributed by atoms with Crippen LogP contribution in [0.1, 0.15) is 53.9 Å². The first-order valence-electron chi connectivity index (χ1n) is 6.42. The summed E-state index contributed by atoms with van der Waals surface area (Å²) in [7, 11) is 0. The molecule has 1 saturated carbocycles. The average molecular weight is 222 g/mol. The number of ether oxygens (including phenoxy) is 1. The summed E-state index contributed by atoms with van der Waals surface area (Å²) in [5, 5.41) is 0. The van der Waals surface area contributed by atoms with Crippen molar-refractivity contribution in [1.29, 1.82) is 0 Å². The molecule has 16 heavy (non-hydrogen) atoms. The molecule has 0 aromatic heterocycles. The van der Waals surface area contributed by atoms with Crippen LogP contribution in [0.15, 0.2) is 22.8 Å². The topological polar surface area (TPSA) is 9.23 Å². The van der Waals surface area contributed by atoms with Crippen LogP contribution in [0, 0.1) is 5.92 Å². The Hall–Kier alpha value is -0.560. The standard InChI is InChI=1S/C15H26O/c1-11(2)8-9-16-15-10-13(5)6-7-14(15)12(3)4/h8,13,15H,6-7,9-10H2,1-5H3/t13-,15?/m1/s1. The van der Waals surface area contributed by atoms with Gasteiger partial charge in [0.2, 0.25) is 0 Å². The van der Waals surface area contributed by atoms with Crippen molar-refractivity contribution in [3.05, 3.63) is 22.8 Å². The molecule has 1 unspecified atom stereocenters. The van der Waals surface area contributed by atoms with Crippen LogP contribution in [-0.2, 0) is 4.74 Å². The Kier molecular flexibility index (Phi) is 5.27. The zero-order valence-electron chi connectivity index (χ0n) is 11.5. The van der Waals surface area contributed by atoms with Gasteiger partial charge in [0.05, 0.1) is 12.7 Å². The van der Waals surface area contributed by atoms with Crippen LogP contribution in [0.3, 0.4) is 0 Å². The molecule has 2 atom stereocenters. The summed E-state index contributed by atoms with van der Waals surface area (Å²) in [6, 6.07) is 0. The van der Waals surface area contributed by atoms with E-state index in [-0.39, 0.29) is 0 Å². The molecular weight excluding hydrogens is 196 g/mol. The molecule has 1 aliphatic rings. The Morgan fingerprint density at radius 3 is 2.56 bits per heavy atom. The minimum Gasteiger partial charge on any atom is -0.370 e. The minimum absolute atomic E-state index is 0.365. The van der Waals surface area contributed by atoms with E-state index in [1.54, 1.807) is 5.57 Å². The predicted octanol–water partition coefficient (Wildman–Crippen LogP) is 4.49. The molecule has 0 aliphatic heterocycles. The monoisotopic (exact) mass is 222 g/mol. The largest absolute Gasteiger partial charge is 0.370 e. The molecule has 0 radical (unpaired) electrons. The Balaban J connectivity index is 2.59. The molecular formula is C15H26O. The van der Waals surface area contributed by atoms with Crippen molar-refractivity contribution < 1.29 is 4.74 Å². The van der Waals surface area contributed by atoms with E-state index in [0.29, 0.717) is 6.10 Å². The van der Waals surface area contributed by atoms with Crippen LogP contribution in [-0.4, -0.2) is 12.7 Å². The Bertz CT molecular complexity index is 278. The van der Waals surface area contributed by atoms with Gasteiger partial charge in [-0.05, 0) is 58.4 Å². The van der Waals surface area contributed by atoms with Gasteiger partial charge in [0.15, 0.2) is 0 Å². The maximum Gasteiger partial charge on any atom is 0.0794 e. The molecule has 0 heterocycles. The SMILES string of the molecule is CC(C)=CCOC1C[C@H](C)CCC1=C(C)C. The lowest BCUT2D eigenvalue weighted by molar-refractivity contribution is 0.0665. The first-order chi connectivity index (χ1) is 7.50. The molecule has 1 fully saturated rings. The van der Waals surface area contributed by atoms with E-state index in [0.717, 1.165) is 12.5 Å². The van der Waals surface area contributed by atoms with Gasteiger partial charge in [-0.25, -0.2) is 0 Å². The first kappa shape index (κ1) is 13.5. The molecule has 0 bridgehead atoms. The van der Waals surface area contributed by atoms with Gasteiger partial charge in [0.1, 0.15) is 0 Å². The minimum atomic E-state index is 0.365. The van der Waals surface area contributed by atoms with E-state index in [9.17, 15) is 0 Å². The first-order valence-corrected chi connectivity index (χ1v) is 6.42. The third-order valence-electron chi connectivity index (χ3n) is 3.34. The highest BCUT2D eigenvalue weighted by molar-refractivity contribution is 5.17. The number of hydrogen-bond acceptors (Lipinski definition) is 1. The van der Waals surface area contributed by atoms with Crippen molar-refractivity contribution in [2.45, 2.75) is 60.0 Å². The molecule has 1 rings (SSSR count). The quantitative estimate of drug-likeness (QED) is 0.639. The fourth-order valence-corrected chi connectivity index (χ4v) is 2.26. The summed E-state index contributed by atoms with van der Waals surface area (Å²) in [5.41, 5.74) is 4.33. The summed E-state index contributed by atoms with van der Waals surface area (Å²) in [5.74, 6) is 0.805. The second-order valence-corrected chi connectivity index (χ2v) is 5.51. The summed E-state index contributed by atoms with van der Waals surface area (Å²) in [6.45, 7) is 11.8. The van der Waals surface area contributed by atoms with Crippen LogP contribution in [0.4, 0.5) is 0 Å². The molecule has 1 nitrogen and oxygen atoms in total. The smallest absolute Gasteiger partial charge is 0.0794 e. The molecule has 0 amide bonds. The zero-order valence-corrected chi connectivity index (χ0v) is 11.5. The summed E-state index contributed by atoms with van der Waals surface area (Å²) < 4.78 is 6.00. The second-order valence-electron chi connectivity index (χ2n) is 5.51. The lowest BCUT2D eigenvalue weighted by Gasteiger charge is -2.30. The molecule has 0 aromatic rings. The van der Waals surface area contributed by atoms with Gasteiger partial charge in [-0.3, -0.25) is 0 Å². The molecule has 0 aromatic carbocycles. The van der Waals surface area contributed by atoms with Crippen molar-refractivity contribution >= 4 is 0 Å². The van der Waals surface area contributed by atoms with Crippen molar-refractivity contribution in [2.24, 2.45) is 5.92 Å². The number of rotatable bonds is 3. The van der Waals surface area contributed by atoms with Crippen LogP contribution in [0.25, 0.3) is 0 Å². The summed E-state index contributed by atoms with van der Waals surface area (Å²) in [4.78, 5) is 0. The van der Waals surface area contributed by atoms with E-state index in [1.807, 2.05) is 0 Å². The van der Waals surface area contributed by atoms with Gasteiger partial charge < -0.3 is 4.74 Å². The van der Waals surface area contributed by atoms with E-state index in [1.165, 1.54) is 30.4 Å². The number of hydrogen-bond donors (Lipinski definition) is 0. The van der Waals surface area contributed by atoms with Gasteiger partial charge in [0, 0.05) is 0 Å². The maximum absolute atomic E-state index is 6.00. The summed E-state index contributed by atoms with van der Waals surface area (Å²) in [6.07, 6.45) is 6.27. The molecule has 1 aliphatic carbocycles. The van der Waals surface area contributed by atoms with E-state index >= 15 is 0 Å². The highest BCUT2D eigenvalue weighted by Crippen LogP contribution is 2.32. The Morgan fingerprint density at radius 1 is 1.31 bits per heavy atom.